The van der Waals surface area contributed by atoms with Gasteiger partial charge in [-0.3, -0.25) is 4.79 Å². The van der Waals surface area contributed by atoms with E-state index in [0.29, 0.717) is 22.6 Å². The molecule has 2 aromatic rings. The molecule has 0 aliphatic carbocycles. The number of nitrogens with two attached hydrogens (primary N) is 1. The van der Waals surface area contributed by atoms with Gasteiger partial charge in [0.2, 0.25) is 5.88 Å². The van der Waals surface area contributed by atoms with Crippen LogP contribution in [-0.4, -0.2) is 44.3 Å². The molecule has 0 spiro atoms. The van der Waals surface area contributed by atoms with E-state index in [1.54, 1.807) is 70.2 Å². The Labute approximate surface area is 232 Å². The van der Waals surface area contributed by atoms with Crippen LogP contribution in [0.15, 0.2) is 65.3 Å². The van der Waals surface area contributed by atoms with Gasteiger partial charge >= 0.3 is 11.9 Å². The van der Waals surface area contributed by atoms with Crippen LogP contribution in [0.5, 0.6) is 11.5 Å². The minimum atomic E-state index is -0.855. The Morgan fingerprint density at radius 2 is 1.62 bits per heavy atom. The summed E-state index contributed by atoms with van der Waals surface area (Å²) in [5.41, 5.74) is 7.55. The van der Waals surface area contributed by atoms with Gasteiger partial charge in [-0.25, -0.2) is 9.59 Å². The second-order valence-corrected chi connectivity index (χ2v) is 8.39. The highest BCUT2D eigenvalue weighted by atomic mass is 16.5. The predicted molar refractivity (Wildman–Crippen MR) is 144 cm³/mol. The van der Waals surface area contributed by atoms with E-state index < -0.39 is 23.8 Å². The molecule has 1 unspecified atom stereocenters. The largest absolute Gasteiger partial charge is 0.490 e. The highest BCUT2D eigenvalue weighted by Gasteiger charge is 2.36. The second kappa shape index (κ2) is 13.7. The summed E-state index contributed by atoms with van der Waals surface area (Å²) in [6, 6.07) is 13.2. The Hall–Kier alpha value is -4.98. The third kappa shape index (κ3) is 6.91. The molecular weight excluding hydrogens is 518 g/mol. The highest BCUT2D eigenvalue weighted by Crippen LogP contribution is 2.42. The van der Waals surface area contributed by atoms with Crippen LogP contribution in [0, 0.1) is 11.3 Å². The zero-order valence-electron chi connectivity index (χ0n) is 22.7. The number of ether oxygens (including phenoxy) is 5. The number of allylic oxidation sites excluding steroid dienone is 2. The molecule has 2 aromatic carbocycles. The van der Waals surface area contributed by atoms with E-state index in [4.69, 9.17) is 29.4 Å². The number of hydrogen-bond donors (Lipinski definition) is 2. The quantitative estimate of drug-likeness (QED) is 0.393. The summed E-state index contributed by atoms with van der Waals surface area (Å²) < 4.78 is 27.1. The molecule has 0 bridgehead atoms. The number of carbonyl (C=O) groups is 3. The number of hydrogen-bond acceptors (Lipinski definition) is 10. The van der Waals surface area contributed by atoms with Crippen LogP contribution in [0.3, 0.4) is 0 Å². The number of rotatable bonds is 11. The van der Waals surface area contributed by atoms with Crippen molar-refractivity contribution in [1.82, 2.24) is 0 Å². The van der Waals surface area contributed by atoms with Gasteiger partial charge in [0.25, 0.3) is 5.91 Å². The molecule has 1 aliphatic rings. The minimum absolute atomic E-state index is 0.0538. The molecule has 1 amide bonds. The SMILES string of the molecule is CCOC(=O)C1=C(C)OC(N)=C(C#N)C1c1ccc(OCC(=O)Nc2ccc(C(=O)OCC)cc2)c(OCC)c1. The molecule has 0 saturated carbocycles. The van der Waals surface area contributed by atoms with Gasteiger partial charge in [0, 0.05) is 5.69 Å². The van der Waals surface area contributed by atoms with E-state index in [1.807, 2.05) is 6.07 Å². The Balaban J connectivity index is 1.80. The number of nitrogens with zero attached hydrogens (tertiary/aromatic N) is 1. The molecule has 1 heterocycles. The summed E-state index contributed by atoms with van der Waals surface area (Å²) >= 11 is 0. The van der Waals surface area contributed by atoms with E-state index in [1.165, 1.54) is 0 Å². The van der Waals surface area contributed by atoms with Gasteiger partial charge in [0.1, 0.15) is 17.4 Å². The van der Waals surface area contributed by atoms with Crippen LogP contribution in [-0.2, 0) is 23.8 Å². The van der Waals surface area contributed by atoms with Crippen molar-refractivity contribution in [2.24, 2.45) is 5.73 Å². The van der Waals surface area contributed by atoms with Crippen molar-refractivity contribution in [1.29, 1.82) is 5.26 Å². The lowest BCUT2D eigenvalue weighted by Gasteiger charge is -2.27. The zero-order valence-corrected chi connectivity index (χ0v) is 22.7. The Morgan fingerprint density at radius 3 is 2.25 bits per heavy atom. The first-order valence-electron chi connectivity index (χ1n) is 12.7. The molecule has 3 rings (SSSR count). The first-order valence-corrected chi connectivity index (χ1v) is 12.7. The summed E-state index contributed by atoms with van der Waals surface area (Å²) in [6.45, 7) is 7.11. The summed E-state index contributed by atoms with van der Waals surface area (Å²) in [4.78, 5) is 37.1. The number of amides is 1. The maximum absolute atomic E-state index is 12.8. The van der Waals surface area contributed by atoms with Crippen molar-refractivity contribution in [3.63, 3.8) is 0 Å². The van der Waals surface area contributed by atoms with Gasteiger partial charge in [-0.2, -0.15) is 5.26 Å². The Morgan fingerprint density at radius 1 is 0.950 bits per heavy atom. The fraction of sp³-hybridized carbons (Fsp3) is 0.310. The smallest absolute Gasteiger partial charge is 0.338 e. The number of benzene rings is 2. The van der Waals surface area contributed by atoms with Gasteiger partial charge < -0.3 is 34.7 Å². The predicted octanol–water partition coefficient (Wildman–Crippen LogP) is 3.92. The fourth-order valence-corrected chi connectivity index (χ4v) is 4.02. The number of anilines is 1. The highest BCUT2D eigenvalue weighted by molar-refractivity contribution is 5.94. The zero-order chi connectivity index (χ0) is 29.2. The summed E-state index contributed by atoms with van der Waals surface area (Å²) in [5, 5.41) is 12.5. The van der Waals surface area contributed by atoms with Crippen LogP contribution < -0.4 is 20.5 Å². The molecule has 0 fully saturated rings. The van der Waals surface area contributed by atoms with E-state index >= 15 is 0 Å². The number of nitrogens with one attached hydrogen (secondary N) is 1. The fourth-order valence-electron chi connectivity index (χ4n) is 4.02. The van der Waals surface area contributed by atoms with E-state index in [-0.39, 0.29) is 55.0 Å². The lowest BCUT2D eigenvalue weighted by atomic mass is 9.83. The van der Waals surface area contributed by atoms with Crippen molar-refractivity contribution in [2.45, 2.75) is 33.6 Å². The van der Waals surface area contributed by atoms with Gasteiger partial charge in [0.05, 0.1) is 36.9 Å². The molecule has 0 radical (unpaired) electrons. The molecule has 1 aliphatic heterocycles. The summed E-state index contributed by atoms with van der Waals surface area (Å²) in [7, 11) is 0. The summed E-state index contributed by atoms with van der Waals surface area (Å²) in [5.74, 6) is -1.67. The lowest BCUT2D eigenvalue weighted by Crippen LogP contribution is -2.25. The van der Waals surface area contributed by atoms with Crippen molar-refractivity contribution in [3.8, 4) is 17.6 Å². The molecule has 0 aromatic heterocycles. The first-order chi connectivity index (χ1) is 19.2. The van der Waals surface area contributed by atoms with Crippen LogP contribution in [0.1, 0.15) is 49.5 Å². The van der Waals surface area contributed by atoms with Crippen molar-refractivity contribution in [2.75, 3.05) is 31.7 Å². The molecular formula is C29H31N3O8. The van der Waals surface area contributed by atoms with Crippen LogP contribution in [0.2, 0.25) is 0 Å². The third-order valence-electron chi connectivity index (χ3n) is 5.74. The van der Waals surface area contributed by atoms with Crippen LogP contribution in [0.4, 0.5) is 5.69 Å². The van der Waals surface area contributed by atoms with E-state index in [2.05, 4.69) is 5.32 Å². The summed E-state index contributed by atoms with van der Waals surface area (Å²) in [6.07, 6.45) is 0. The van der Waals surface area contributed by atoms with Gasteiger partial charge in [0.15, 0.2) is 18.1 Å². The Kier molecular flexibility index (Phi) is 10.1. The topological polar surface area (TPSA) is 159 Å². The number of carbonyl (C=O) groups excluding carboxylic acids is 3. The third-order valence-corrected chi connectivity index (χ3v) is 5.74. The number of nitriles is 1. The average Bonchev–Trinajstić information content (AvgIpc) is 2.92. The molecule has 3 N–H and O–H groups in total. The van der Waals surface area contributed by atoms with Crippen molar-refractivity contribution in [3.05, 3.63) is 76.4 Å². The lowest BCUT2D eigenvalue weighted by molar-refractivity contribution is -0.139. The molecule has 40 heavy (non-hydrogen) atoms. The van der Waals surface area contributed by atoms with Gasteiger partial charge in [-0.15, -0.1) is 0 Å². The van der Waals surface area contributed by atoms with Crippen LogP contribution >= 0.6 is 0 Å². The maximum Gasteiger partial charge on any atom is 0.338 e. The molecule has 0 saturated heterocycles. The first kappa shape index (κ1) is 29.6. The average molecular weight is 550 g/mol. The molecule has 11 heteroatoms. The molecule has 11 nitrogen and oxygen atoms in total. The number of esters is 2. The van der Waals surface area contributed by atoms with Crippen LogP contribution in [0.25, 0.3) is 0 Å². The normalized spacial score (nSPS) is 14.5. The van der Waals surface area contributed by atoms with Crippen molar-refractivity contribution >= 4 is 23.5 Å². The second-order valence-electron chi connectivity index (χ2n) is 8.39. The minimum Gasteiger partial charge on any atom is -0.490 e. The van der Waals surface area contributed by atoms with E-state index in [9.17, 15) is 19.6 Å². The maximum atomic E-state index is 12.8. The van der Waals surface area contributed by atoms with Crippen molar-refractivity contribution < 1.29 is 38.1 Å². The van der Waals surface area contributed by atoms with E-state index in [0.717, 1.165) is 0 Å². The Bertz CT molecular complexity index is 1370. The van der Waals surface area contributed by atoms with Gasteiger partial charge in [-0.1, -0.05) is 6.07 Å². The monoisotopic (exact) mass is 549 g/mol. The molecule has 210 valence electrons. The standard InChI is InChI=1S/C29H31N3O8/c1-5-36-23-14-19(26-21(15-30)27(31)40-17(4)25(26)29(35)38-7-3)10-13-22(23)39-16-24(33)32-20-11-8-18(9-12-20)28(34)37-6-2/h8-14,26H,5-7,16,31H2,1-4H3,(H,32,33). The van der Waals surface area contributed by atoms with Gasteiger partial charge in [-0.05, 0) is 69.7 Å². The molecule has 1 atom stereocenters.